The Balaban J connectivity index is 1.71. The van der Waals surface area contributed by atoms with Crippen LogP contribution in [0.1, 0.15) is 37.0 Å². The molecule has 140 valence electrons. The minimum atomic E-state index is -0.364. The topological polar surface area (TPSA) is 9.23 Å². The largest absolute Gasteiger partial charge is 0.480 e. The second kappa shape index (κ2) is 4.74. The average molecular weight is 374 g/mol. The van der Waals surface area contributed by atoms with Gasteiger partial charge in [0, 0.05) is 16.5 Å². The van der Waals surface area contributed by atoms with Crippen LogP contribution in [0, 0.1) is 5.41 Å². The third kappa shape index (κ3) is 1.49. The summed E-state index contributed by atoms with van der Waals surface area (Å²) in [5.74, 6) is 1.06. The Bertz CT molecular complexity index is 1350. The van der Waals surface area contributed by atoms with E-state index < -0.39 is 0 Å². The first-order valence-corrected chi connectivity index (χ1v) is 10.5. The van der Waals surface area contributed by atoms with Crippen molar-refractivity contribution in [3.63, 3.8) is 0 Å². The summed E-state index contributed by atoms with van der Waals surface area (Å²) in [5.41, 5.74) is 6.37. The molecule has 1 aliphatic heterocycles. The summed E-state index contributed by atoms with van der Waals surface area (Å²) in [4.78, 5) is 0. The number of ether oxygens (including phenoxy) is 1. The van der Waals surface area contributed by atoms with Crippen molar-refractivity contribution in [2.24, 2.45) is 5.41 Å². The fourth-order valence-corrected chi connectivity index (χ4v) is 7.00. The molecule has 2 unspecified atom stereocenters. The first kappa shape index (κ1) is 15.8. The molecule has 1 saturated carbocycles. The average Bonchev–Trinajstić information content (AvgIpc) is 3.03. The Morgan fingerprint density at radius 1 is 0.690 bits per heavy atom. The SMILES string of the molecule is CC1(C)CC23c4ccccc4-c4ccccc4C12Oc1ccc2ccccc2c13. The van der Waals surface area contributed by atoms with Crippen LogP contribution in [0.4, 0.5) is 0 Å². The van der Waals surface area contributed by atoms with Crippen LogP contribution in [0.5, 0.6) is 5.75 Å². The Hall–Kier alpha value is -3.06. The van der Waals surface area contributed by atoms with Crippen LogP contribution in [0.3, 0.4) is 0 Å². The second-order valence-electron chi connectivity index (χ2n) is 9.50. The van der Waals surface area contributed by atoms with Gasteiger partial charge in [-0.3, -0.25) is 0 Å². The Morgan fingerprint density at radius 2 is 1.34 bits per heavy atom. The lowest BCUT2D eigenvalue weighted by Crippen LogP contribution is -2.70. The standard InChI is InChI=1S/C28H22O/c1-26(2)17-27-22-13-7-5-11-20(22)21-12-6-8-14-23(21)28(26,27)29-24-16-15-18-9-3-4-10-19(18)25(24)27/h3-16H,17H2,1-2H3. The van der Waals surface area contributed by atoms with Gasteiger partial charge in [-0.2, -0.15) is 0 Å². The van der Waals surface area contributed by atoms with Crippen LogP contribution < -0.4 is 4.74 Å². The maximum Gasteiger partial charge on any atom is 0.153 e. The molecule has 0 bridgehead atoms. The summed E-state index contributed by atoms with van der Waals surface area (Å²) in [6, 6.07) is 31.1. The molecule has 2 atom stereocenters. The Labute approximate surface area is 171 Å². The number of fused-ring (bicyclic) bond motifs is 6. The normalized spacial score (nSPS) is 27.0. The molecular weight excluding hydrogens is 352 g/mol. The molecule has 1 heteroatoms. The minimum absolute atomic E-state index is 0.0385. The molecule has 3 aliphatic rings. The van der Waals surface area contributed by atoms with E-state index in [4.69, 9.17) is 4.74 Å². The molecule has 1 heterocycles. The predicted octanol–water partition coefficient (Wildman–Crippen LogP) is 6.82. The van der Waals surface area contributed by atoms with E-state index in [2.05, 4.69) is 98.8 Å². The molecule has 4 aromatic carbocycles. The van der Waals surface area contributed by atoms with Gasteiger partial charge in [-0.15, -0.1) is 0 Å². The van der Waals surface area contributed by atoms with E-state index >= 15 is 0 Å². The van der Waals surface area contributed by atoms with Crippen molar-refractivity contribution in [3.8, 4) is 16.9 Å². The van der Waals surface area contributed by atoms with Crippen molar-refractivity contribution < 1.29 is 4.74 Å². The maximum absolute atomic E-state index is 7.09. The summed E-state index contributed by atoms with van der Waals surface area (Å²) < 4.78 is 7.09. The third-order valence-electron chi connectivity index (χ3n) is 7.83. The zero-order valence-corrected chi connectivity index (χ0v) is 16.7. The number of hydrogen-bond donors (Lipinski definition) is 0. The van der Waals surface area contributed by atoms with E-state index in [1.165, 1.54) is 38.6 Å². The molecule has 0 spiro atoms. The summed E-state index contributed by atoms with van der Waals surface area (Å²) in [5, 5.41) is 2.62. The quantitative estimate of drug-likeness (QED) is 0.328. The van der Waals surface area contributed by atoms with Crippen molar-refractivity contribution in [1.29, 1.82) is 0 Å². The van der Waals surface area contributed by atoms with Crippen LogP contribution in [0.25, 0.3) is 21.9 Å². The fourth-order valence-electron chi connectivity index (χ4n) is 7.00. The number of hydrogen-bond acceptors (Lipinski definition) is 1. The van der Waals surface area contributed by atoms with Gasteiger partial charge in [-0.1, -0.05) is 92.7 Å². The van der Waals surface area contributed by atoms with Crippen LogP contribution in [-0.2, 0) is 11.0 Å². The van der Waals surface area contributed by atoms with Gasteiger partial charge in [0.2, 0.25) is 0 Å². The molecular formula is C28H22O. The molecule has 2 aliphatic carbocycles. The molecule has 0 saturated heterocycles. The molecule has 1 nitrogen and oxygen atoms in total. The lowest BCUT2D eigenvalue weighted by molar-refractivity contribution is -0.174. The molecule has 1 fully saturated rings. The van der Waals surface area contributed by atoms with Crippen LogP contribution in [0.2, 0.25) is 0 Å². The molecule has 0 amide bonds. The molecule has 29 heavy (non-hydrogen) atoms. The van der Waals surface area contributed by atoms with Crippen molar-refractivity contribution in [3.05, 3.63) is 102 Å². The first-order chi connectivity index (χ1) is 14.1. The number of benzene rings is 4. The van der Waals surface area contributed by atoms with Crippen molar-refractivity contribution in [1.82, 2.24) is 0 Å². The zero-order valence-electron chi connectivity index (χ0n) is 16.7. The van der Waals surface area contributed by atoms with Gasteiger partial charge >= 0.3 is 0 Å². The highest BCUT2D eigenvalue weighted by Crippen LogP contribution is 2.79. The van der Waals surface area contributed by atoms with E-state index in [1.807, 2.05) is 0 Å². The highest BCUT2D eigenvalue weighted by molar-refractivity contribution is 5.94. The highest BCUT2D eigenvalue weighted by Gasteiger charge is 2.79. The summed E-state index contributed by atoms with van der Waals surface area (Å²) in [7, 11) is 0. The van der Waals surface area contributed by atoms with Gasteiger partial charge < -0.3 is 4.74 Å². The smallest absolute Gasteiger partial charge is 0.153 e. The predicted molar refractivity (Wildman–Crippen MR) is 117 cm³/mol. The van der Waals surface area contributed by atoms with Crippen LogP contribution in [0.15, 0.2) is 84.9 Å². The van der Waals surface area contributed by atoms with E-state index in [9.17, 15) is 0 Å². The van der Waals surface area contributed by atoms with Crippen LogP contribution >= 0.6 is 0 Å². The van der Waals surface area contributed by atoms with Gasteiger partial charge in [-0.25, -0.2) is 0 Å². The third-order valence-corrected chi connectivity index (χ3v) is 7.83. The minimum Gasteiger partial charge on any atom is -0.480 e. The lowest BCUT2D eigenvalue weighted by atomic mass is 9.36. The summed E-state index contributed by atoms with van der Waals surface area (Å²) in [6.07, 6.45) is 1.09. The number of rotatable bonds is 0. The highest BCUT2D eigenvalue weighted by atomic mass is 16.5. The molecule has 0 radical (unpaired) electrons. The van der Waals surface area contributed by atoms with Gasteiger partial charge in [0.1, 0.15) is 5.75 Å². The lowest BCUT2D eigenvalue weighted by Gasteiger charge is -2.67. The molecule has 7 rings (SSSR count). The van der Waals surface area contributed by atoms with Crippen molar-refractivity contribution in [2.75, 3.05) is 0 Å². The van der Waals surface area contributed by atoms with Gasteiger partial charge in [0.05, 0.1) is 5.41 Å². The zero-order chi connectivity index (χ0) is 19.4. The summed E-state index contributed by atoms with van der Waals surface area (Å²) >= 11 is 0. The van der Waals surface area contributed by atoms with Gasteiger partial charge in [0.25, 0.3) is 0 Å². The maximum atomic E-state index is 7.09. The Kier molecular flexibility index (Phi) is 2.58. The van der Waals surface area contributed by atoms with Crippen LogP contribution in [-0.4, -0.2) is 0 Å². The first-order valence-electron chi connectivity index (χ1n) is 10.5. The Morgan fingerprint density at radius 3 is 2.14 bits per heavy atom. The van der Waals surface area contributed by atoms with Crippen molar-refractivity contribution >= 4 is 10.8 Å². The van der Waals surface area contributed by atoms with Gasteiger partial charge in [0.15, 0.2) is 5.60 Å². The van der Waals surface area contributed by atoms with E-state index in [-0.39, 0.29) is 16.4 Å². The van der Waals surface area contributed by atoms with Gasteiger partial charge in [-0.05, 0) is 39.9 Å². The molecule has 0 aromatic heterocycles. The fraction of sp³-hybridized carbons (Fsp3) is 0.214. The van der Waals surface area contributed by atoms with E-state index in [0.717, 1.165) is 12.2 Å². The summed E-state index contributed by atoms with van der Waals surface area (Å²) in [6.45, 7) is 4.76. The molecule has 0 N–H and O–H groups in total. The van der Waals surface area contributed by atoms with E-state index in [1.54, 1.807) is 0 Å². The monoisotopic (exact) mass is 374 g/mol. The second-order valence-corrected chi connectivity index (χ2v) is 9.50. The van der Waals surface area contributed by atoms with Crippen molar-refractivity contribution in [2.45, 2.75) is 31.3 Å². The van der Waals surface area contributed by atoms with E-state index in [0.29, 0.717) is 0 Å². The molecule has 4 aromatic rings.